The molecule has 1 aliphatic heterocycles. The molecule has 1 saturated heterocycles. The lowest BCUT2D eigenvalue weighted by Crippen LogP contribution is -1.87. The largest absolute Gasteiger partial charge is 0.361 e. The summed E-state index contributed by atoms with van der Waals surface area (Å²) in [6, 6.07) is 0. The molecule has 1 rings (SSSR count). The summed E-state index contributed by atoms with van der Waals surface area (Å²) >= 11 is 0. The van der Waals surface area contributed by atoms with Gasteiger partial charge in [-0.3, -0.25) is 0 Å². The molecule has 2 heteroatoms. The molecule has 0 saturated carbocycles. The van der Waals surface area contributed by atoms with Crippen molar-refractivity contribution in [1.82, 2.24) is 0 Å². The van der Waals surface area contributed by atoms with Gasteiger partial charge in [0.05, 0.1) is 6.61 Å². The maximum Gasteiger partial charge on any atom is 0.221 e. The molecule has 0 amide bonds. The van der Waals surface area contributed by atoms with Crippen molar-refractivity contribution in [2.24, 2.45) is 0 Å². The van der Waals surface area contributed by atoms with Crippen LogP contribution in [0, 0.1) is 6.29 Å². The fourth-order valence-corrected chi connectivity index (χ4v) is 0.486. The smallest absolute Gasteiger partial charge is 0.221 e. The lowest BCUT2D eigenvalue weighted by molar-refractivity contribution is 0.0464. The first-order valence-corrected chi connectivity index (χ1v) is 2.07. The van der Waals surface area contributed by atoms with E-state index in [0.29, 0.717) is 6.61 Å². The third-order valence-electron chi connectivity index (χ3n) is 0.804. The van der Waals surface area contributed by atoms with E-state index in [-0.39, 0.29) is 6.29 Å². The van der Waals surface area contributed by atoms with E-state index in [4.69, 9.17) is 5.11 Å². The summed E-state index contributed by atoms with van der Waals surface area (Å²) in [6.07, 6.45) is 1.92. The molecule has 0 spiro atoms. The van der Waals surface area contributed by atoms with Gasteiger partial charge in [0.15, 0.2) is 0 Å². The van der Waals surface area contributed by atoms with Gasteiger partial charge in [-0.15, -0.1) is 0 Å². The zero-order valence-electron chi connectivity index (χ0n) is 3.48. The normalized spacial score (nSPS) is 25.5. The minimum absolute atomic E-state index is 0.204. The molecule has 1 fully saturated rings. The number of rotatable bonds is 0. The number of ether oxygens (including phenoxy) is 1. The first-order chi connectivity index (χ1) is 2.89. The van der Waals surface area contributed by atoms with Crippen LogP contribution in [0.3, 0.4) is 0 Å². The fourth-order valence-electron chi connectivity index (χ4n) is 0.486. The average Bonchev–Trinajstić information content (AvgIpc) is 1.86. The minimum Gasteiger partial charge on any atom is -0.361 e. The lowest BCUT2D eigenvalue weighted by Gasteiger charge is -1.90. The van der Waals surface area contributed by atoms with Gasteiger partial charge in [-0.25, -0.2) is 0 Å². The Morgan fingerprint density at radius 3 is 2.67 bits per heavy atom. The summed E-state index contributed by atoms with van der Waals surface area (Å²) in [5.41, 5.74) is 0. The average molecular weight is 87.1 g/mol. The highest BCUT2D eigenvalue weighted by Gasteiger charge is 2.11. The predicted octanol–water partition coefficient (Wildman–Crippen LogP) is 0.659. The topological polar surface area (TPSA) is 29.5 Å². The first-order valence-electron chi connectivity index (χ1n) is 2.07. The van der Waals surface area contributed by atoms with E-state index in [1.165, 1.54) is 0 Å². The van der Waals surface area contributed by atoms with Crippen molar-refractivity contribution >= 4 is 0 Å². The second-order valence-corrected chi connectivity index (χ2v) is 1.35. The van der Waals surface area contributed by atoms with Crippen LogP contribution in [-0.4, -0.2) is 11.7 Å². The summed E-state index contributed by atoms with van der Waals surface area (Å²) in [7, 11) is 0. The lowest BCUT2D eigenvalue weighted by atomic mass is 10.4. The van der Waals surface area contributed by atoms with Crippen LogP contribution in [0.5, 0.6) is 0 Å². The summed E-state index contributed by atoms with van der Waals surface area (Å²) in [5, 5.41) is 8.42. The second kappa shape index (κ2) is 1.58. The van der Waals surface area contributed by atoms with E-state index in [9.17, 15) is 0 Å². The number of hydrogen-bond acceptors (Lipinski definition) is 2. The van der Waals surface area contributed by atoms with Crippen molar-refractivity contribution in [3.8, 4) is 0 Å². The number of hydrogen-bond donors (Lipinski definition) is 1. The van der Waals surface area contributed by atoms with Crippen molar-refractivity contribution in [2.75, 3.05) is 6.61 Å². The molecule has 0 aromatic carbocycles. The molecule has 35 valence electrons. The number of aliphatic hydroxyl groups excluding tert-OH is 1. The van der Waals surface area contributed by atoms with Crippen LogP contribution in [0.1, 0.15) is 12.8 Å². The monoisotopic (exact) mass is 87.0 g/mol. The highest BCUT2D eigenvalue weighted by molar-refractivity contribution is 4.67. The van der Waals surface area contributed by atoms with Crippen molar-refractivity contribution in [3.63, 3.8) is 0 Å². The van der Waals surface area contributed by atoms with Gasteiger partial charge in [0.25, 0.3) is 0 Å². The summed E-state index contributed by atoms with van der Waals surface area (Å²) in [4.78, 5) is 0. The third kappa shape index (κ3) is 0.698. The van der Waals surface area contributed by atoms with E-state index in [1.807, 2.05) is 0 Å². The molecular weight excluding hydrogens is 80.0 g/mol. The molecule has 0 unspecified atom stereocenters. The Labute approximate surface area is 36.7 Å². The minimum atomic E-state index is 0.204. The van der Waals surface area contributed by atoms with E-state index in [2.05, 4.69) is 4.74 Å². The Kier molecular flexibility index (Phi) is 1.08. The maximum absolute atomic E-state index is 8.42. The van der Waals surface area contributed by atoms with E-state index in [0.717, 1.165) is 12.8 Å². The summed E-state index contributed by atoms with van der Waals surface area (Å²) < 4.78 is 4.62. The molecule has 1 radical (unpaired) electrons. The van der Waals surface area contributed by atoms with Crippen LogP contribution in [0.25, 0.3) is 0 Å². The van der Waals surface area contributed by atoms with E-state index < -0.39 is 0 Å². The van der Waals surface area contributed by atoms with Crippen LogP contribution >= 0.6 is 0 Å². The van der Waals surface area contributed by atoms with Gasteiger partial charge in [-0.05, 0) is 6.42 Å². The van der Waals surface area contributed by atoms with Crippen LogP contribution in [-0.2, 0) is 4.74 Å². The Morgan fingerprint density at radius 2 is 2.50 bits per heavy atom. The van der Waals surface area contributed by atoms with Crippen molar-refractivity contribution in [1.29, 1.82) is 0 Å². The van der Waals surface area contributed by atoms with E-state index in [1.54, 1.807) is 0 Å². The SMILES string of the molecule is O[C]1CCCO1. The van der Waals surface area contributed by atoms with Gasteiger partial charge in [-0.2, -0.15) is 0 Å². The van der Waals surface area contributed by atoms with Gasteiger partial charge < -0.3 is 9.84 Å². The van der Waals surface area contributed by atoms with Gasteiger partial charge in [-0.1, -0.05) is 0 Å². The van der Waals surface area contributed by atoms with Crippen molar-refractivity contribution in [3.05, 3.63) is 6.29 Å². The second-order valence-electron chi connectivity index (χ2n) is 1.35. The molecule has 0 aromatic heterocycles. The summed E-state index contributed by atoms with van der Waals surface area (Å²) in [6.45, 7) is 0.700. The maximum atomic E-state index is 8.42. The standard InChI is InChI=1S/C4H7O2/c5-4-2-1-3-6-4/h5H,1-3H2. The Bertz CT molecular complexity index is 38.8. The highest BCUT2D eigenvalue weighted by Crippen LogP contribution is 2.14. The van der Waals surface area contributed by atoms with E-state index >= 15 is 0 Å². The molecular formula is C4H7O2. The quantitative estimate of drug-likeness (QED) is 0.470. The van der Waals surface area contributed by atoms with Crippen LogP contribution in [0.2, 0.25) is 0 Å². The zero-order valence-corrected chi connectivity index (χ0v) is 3.48. The highest BCUT2D eigenvalue weighted by atomic mass is 16.6. The van der Waals surface area contributed by atoms with Gasteiger partial charge in [0.1, 0.15) is 0 Å². The Hall–Kier alpha value is -0.0800. The van der Waals surface area contributed by atoms with Crippen LogP contribution in [0.15, 0.2) is 0 Å². The predicted molar refractivity (Wildman–Crippen MR) is 20.4 cm³/mol. The molecule has 1 heterocycles. The number of aliphatic hydroxyl groups is 1. The van der Waals surface area contributed by atoms with Gasteiger partial charge in [0, 0.05) is 6.42 Å². The Balaban J connectivity index is 2.18. The van der Waals surface area contributed by atoms with Crippen molar-refractivity contribution in [2.45, 2.75) is 12.8 Å². The summed E-state index contributed by atoms with van der Waals surface area (Å²) in [5.74, 6) is 0. The van der Waals surface area contributed by atoms with Gasteiger partial charge >= 0.3 is 0 Å². The molecule has 1 N–H and O–H groups in total. The molecule has 0 bridgehead atoms. The zero-order chi connectivity index (χ0) is 4.41. The Morgan fingerprint density at radius 1 is 1.67 bits per heavy atom. The molecule has 1 aliphatic rings. The third-order valence-corrected chi connectivity index (χ3v) is 0.804. The molecule has 2 nitrogen and oxygen atoms in total. The first kappa shape index (κ1) is 4.09. The van der Waals surface area contributed by atoms with Gasteiger partial charge in [0.2, 0.25) is 6.29 Å². The molecule has 0 atom stereocenters. The molecule has 6 heavy (non-hydrogen) atoms. The van der Waals surface area contributed by atoms with Crippen LogP contribution < -0.4 is 0 Å². The molecule has 0 aliphatic carbocycles. The van der Waals surface area contributed by atoms with Crippen LogP contribution in [0.4, 0.5) is 0 Å². The van der Waals surface area contributed by atoms with Crippen molar-refractivity contribution < 1.29 is 9.84 Å². The molecule has 0 aromatic rings. The fraction of sp³-hybridized carbons (Fsp3) is 0.750.